The Kier molecular flexibility index (Phi) is 4.73. The van der Waals surface area contributed by atoms with Crippen LogP contribution in [0.1, 0.15) is 11.1 Å². The summed E-state index contributed by atoms with van der Waals surface area (Å²) in [6, 6.07) is 13.7. The summed E-state index contributed by atoms with van der Waals surface area (Å²) in [4.78, 5) is 15.7. The third kappa shape index (κ3) is 3.63. The van der Waals surface area contributed by atoms with Gasteiger partial charge in [-0.1, -0.05) is 30.3 Å². The van der Waals surface area contributed by atoms with Gasteiger partial charge in [0.15, 0.2) is 11.5 Å². The highest BCUT2D eigenvalue weighted by molar-refractivity contribution is 5.55. The molecule has 0 atom stereocenters. The smallest absolute Gasteiger partial charge is 0.277 e. The Balaban J connectivity index is 1.39. The van der Waals surface area contributed by atoms with Crippen molar-refractivity contribution in [1.82, 2.24) is 9.80 Å². The largest absolute Gasteiger partial charge is 0.454 e. The lowest BCUT2D eigenvalue weighted by molar-refractivity contribution is -0.385. The molecule has 0 bridgehead atoms. The van der Waals surface area contributed by atoms with Crippen LogP contribution in [-0.2, 0) is 13.1 Å². The zero-order valence-electron chi connectivity index (χ0n) is 14.5. The van der Waals surface area contributed by atoms with E-state index in [0.717, 1.165) is 32.7 Å². The number of hydrogen-bond donors (Lipinski definition) is 0. The van der Waals surface area contributed by atoms with Gasteiger partial charge in [0.25, 0.3) is 5.69 Å². The van der Waals surface area contributed by atoms with E-state index < -0.39 is 0 Å². The van der Waals surface area contributed by atoms with E-state index in [4.69, 9.17) is 9.47 Å². The van der Waals surface area contributed by atoms with Crippen LogP contribution in [0.3, 0.4) is 0 Å². The molecule has 7 nitrogen and oxygen atoms in total. The summed E-state index contributed by atoms with van der Waals surface area (Å²) in [6.07, 6.45) is 0. The zero-order valence-corrected chi connectivity index (χ0v) is 14.5. The highest BCUT2D eigenvalue weighted by atomic mass is 16.7. The Morgan fingerprint density at radius 1 is 0.923 bits per heavy atom. The van der Waals surface area contributed by atoms with Crippen LogP contribution in [0.5, 0.6) is 11.5 Å². The van der Waals surface area contributed by atoms with Gasteiger partial charge in [-0.3, -0.25) is 19.9 Å². The fourth-order valence-electron chi connectivity index (χ4n) is 3.46. The first-order valence-electron chi connectivity index (χ1n) is 8.74. The summed E-state index contributed by atoms with van der Waals surface area (Å²) in [5.41, 5.74) is 2.09. The SMILES string of the molecule is O=[N+]([O-])c1cc2c(cc1CN1CCN(Cc3ccccc3)CC1)OCO2. The molecule has 0 unspecified atom stereocenters. The fourth-order valence-corrected chi connectivity index (χ4v) is 3.46. The van der Waals surface area contributed by atoms with Crippen LogP contribution in [0, 0.1) is 10.1 Å². The molecule has 2 aliphatic heterocycles. The number of nitro groups is 1. The second-order valence-electron chi connectivity index (χ2n) is 6.63. The Morgan fingerprint density at radius 2 is 1.54 bits per heavy atom. The van der Waals surface area contributed by atoms with Crippen molar-refractivity contribution in [2.24, 2.45) is 0 Å². The van der Waals surface area contributed by atoms with Crippen LogP contribution in [0.2, 0.25) is 0 Å². The molecule has 7 heteroatoms. The number of ether oxygens (including phenoxy) is 2. The van der Waals surface area contributed by atoms with E-state index in [0.29, 0.717) is 23.6 Å². The fraction of sp³-hybridized carbons (Fsp3) is 0.368. The molecule has 0 aromatic heterocycles. The van der Waals surface area contributed by atoms with E-state index in [-0.39, 0.29) is 17.4 Å². The normalized spacial score (nSPS) is 17.4. The quantitative estimate of drug-likeness (QED) is 0.607. The van der Waals surface area contributed by atoms with Crippen LogP contribution < -0.4 is 9.47 Å². The second-order valence-corrected chi connectivity index (χ2v) is 6.63. The summed E-state index contributed by atoms with van der Waals surface area (Å²) in [5, 5.41) is 11.4. The molecule has 0 saturated carbocycles. The lowest BCUT2D eigenvalue weighted by atomic mass is 10.1. The summed E-state index contributed by atoms with van der Waals surface area (Å²) in [7, 11) is 0. The molecule has 0 radical (unpaired) electrons. The van der Waals surface area contributed by atoms with Crippen molar-refractivity contribution in [2.75, 3.05) is 33.0 Å². The van der Waals surface area contributed by atoms with Gasteiger partial charge in [0.2, 0.25) is 6.79 Å². The van der Waals surface area contributed by atoms with Gasteiger partial charge < -0.3 is 9.47 Å². The maximum Gasteiger partial charge on any atom is 0.277 e. The molecule has 0 aliphatic carbocycles. The number of rotatable bonds is 5. The minimum Gasteiger partial charge on any atom is -0.454 e. The second kappa shape index (κ2) is 7.31. The van der Waals surface area contributed by atoms with Crippen LogP contribution in [0.25, 0.3) is 0 Å². The maximum absolute atomic E-state index is 11.4. The van der Waals surface area contributed by atoms with Gasteiger partial charge >= 0.3 is 0 Å². The number of benzene rings is 2. The summed E-state index contributed by atoms with van der Waals surface area (Å²) < 4.78 is 10.6. The summed E-state index contributed by atoms with van der Waals surface area (Å²) in [5.74, 6) is 1.04. The average molecular weight is 355 g/mol. The van der Waals surface area contributed by atoms with Gasteiger partial charge in [0, 0.05) is 44.8 Å². The Labute approximate surface area is 151 Å². The number of fused-ring (bicyclic) bond motifs is 1. The van der Waals surface area contributed by atoms with E-state index in [9.17, 15) is 10.1 Å². The Bertz CT molecular complexity index is 789. The maximum atomic E-state index is 11.4. The average Bonchev–Trinajstić information content (AvgIpc) is 3.11. The highest BCUT2D eigenvalue weighted by Crippen LogP contribution is 2.38. The van der Waals surface area contributed by atoms with Crippen LogP contribution in [0.15, 0.2) is 42.5 Å². The molecule has 136 valence electrons. The molecule has 2 aromatic carbocycles. The van der Waals surface area contributed by atoms with Crippen LogP contribution in [-0.4, -0.2) is 47.7 Å². The van der Waals surface area contributed by atoms with E-state index >= 15 is 0 Å². The van der Waals surface area contributed by atoms with Crippen molar-refractivity contribution in [3.05, 3.63) is 63.7 Å². The van der Waals surface area contributed by atoms with Gasteiger partial charge in [0.1, 0.15) is 0 Å². The molecule has 26 heavy (non-hydrogen) atoms. The highest BCUT2D eigenvalue weighted by Gasteiger charge is 2.25. The van der Waals surface area contributed by atoms with Crippen molar-refractivity contribution >= 4 is 5.69 Å². The minimum atomic E-state index is -0.344. The molecule has 4 rings (SSSR count). The monoisotopic (exact) mass is 355 g/mol. The first-order valence-corrected chi connectivity index (χ1v) is 8.74. The standard InChI is InChI=1S/C19H21N3O4/c23-22(24)17-11-19-18(25-14-26-19)10-16(17)13-21-8-6-20(7-9-21)12-15-4-2-1-3-5-15/h1-5,10-11H,6-9,12-14H2. The van der Waals surface area contributed by atoms with Gasteiger partial charge in [-0.2, -0.15) is 0 Å². The summed E-state index contributed by atoms with van der Waals surface area (Å²) in [6.45, 7) is 5.29. The van der Waals surface area contributed by atoms with Crippen molar-refractivity contribution in [2.45, 2.75) is 13.1 Å². The van der Waals surface area contributed by atoms with Crippen LogP contribution in [0.4, 0.5) is 5.69 Å². The van der Waals surface area contributed by atoms with Crippen molar-refractivity contribution in [3.63, 3.8) is 0 Å². The molecule has 2 aliphatic rings. The number of nitro benzene ring substituents is 1. The third-order valence-corrected chi connectivity index (χ3v) is 4.88. The lowest BCUT2D eigenvalue weighted by Crippen LogP contribution is -2.45. The van der Waals surface area contributed by atoms with Crippen molar-refractivity contribution < 1.29 is 14.4 Å². The van der Waals surface area contributed by atoms with Crippen molar-refractivity contribution in [1.29, 1.82) is 0 Å². The minimum absolute atomic E-state index is 0.0981. The first-order chi connectivity index (χ1) is 12.7. The van der Waals surface area contributed by atoms with Gasteiger partial charge in [0.05, 0.1) is 11.0 Å². The molecular weight excluding hydrogens is 334 g/mol. The lowest BCUT2D eigenvalue weighted by Gasteiger charge is -2.34. The Hall–Kier alpha value is -2.64. The molecule has 0 amide bonds. The summed E-state index contributed by atoms with van der Waals surface area (Å²) >= 11 is 0. The molecule has 0 N–H and O–H groups in total. The van der Waals surface area contributed by atoms with Gasteiger partial charge in [-0.25, -0.2) is 0 Å². The van der Waals surface area contributed by atoms with Crippen LogP contribution >= 0.6 is 0 Å². The van der Waals surface area contributed by atoms with Crippen molar-refractivity contribution in [3.8, 4) is 11.5 Å². The van der Waals surface area contributed by atoms with E-state index in [2.05, 4.69) is 34.1 Å². The molecule has 1 saturated heterocycles. The zero-order chi connectivity index (χ0) is 17.9. The molecule has 1 fully saturated rings. The Morgan fingerprint density at radius 3 is 2.19 bits per heavy atom. The topological polar surface area (TPSA) is 68.1 Å². The predicted octanol–water partition coefficient (Wildman–Crippen LogP) is 2.64. The molecular formula is C19H21N3O4. The molecule has 0 spiro atoms. The number of hydrogen-bond acceptors (Lipinski definition) is 6. The number of piperazine rings is 1. The third-order valence-electron chi connectivity index (χ3n) is 4.88. The van der Waals surface area contributed by atoms with Gasteiger partial charge in [-0.15, -0.1) is 0 Å². The van der Waals surface area contributed by atoms with E-state index in [1.807, 2.05) is 6.07 Å². The molecule has 2 aromatic rings. The predicted molar refractivity (Wildman–Crippen MR) is 96.2 cm³/mol. The van der Waals surface area contributed by atoms with Gasteiger partial charge in [-0.05, 0) is 11.6 Å². The van der Waals surface area contributed by atoms with E-state index in [1.165, 1.54) is 11.6 Å². The first kappa shape index (κ1) is 16.8. The number of nitrogens with zero attached hydrogens (tertiary/aromatic N) is 3. The van der Waals surface area contributed by atoms with E-state index in [1.54, 1.807) is 6.07 Å². The molecule has 2 heterocycles.